The topological polar surface area (TPSA) is 51.7 Å². The molecule has 0 radical (unpaired) electrons. The van der Waals surface area contributed by atoms with Crippen molar-refractivity contribution in [2.24, 2.45) is 5.92 Å². The minimum Gasteiger partial charge on any atom is -0.347 e. The number of amides is 1. The molecule has 1 amide bonds. The van der Waals surface area contributed by atoms with Gasteiger partial charge < -0.3 is 14.4 Å². The van der Waals surface area contributed by atoms with E-state index in [-0.39, 0.29) is 11.8 Å². The van der Waals surface area contributed by atoms with Crippen molar-refractivity contribution in [3.63, 3.8) is 0 Å². The number of carbonyl (C=O) groups is 1. The molecule has 2 aliphatic heterocycles. The SMILES string of the molecule is Cc1ncccc1C(=O)N1CCC[C@@H](C2(C)OCCO2)C1. The third-order valence-electron chi connectivity index (χ3n) is 4.55. The average molecular weight is 290 g/mol. The molecule has 0 aliphatic carbocycles. The molecular weight excluding hydrogens is 268 g/mol. The van der Waals surface area contributed by atoms with Gasteiger partial charge in [-0.1, -0.05) is 0 Å². The highest BCUT2D eigenvalue weighted by Crippen LogP contribution is 2.34. The maximum atomic E-state index is 12.7. The molecule has 0 aromatic carbocycles. The summed E-state index contributed by atoms with van der Waals surface area (Å²) in [4.78, 5) is 18.8. The molecule has 5 nitrogen and oxygen atoms in total. The van der Waals surface area contributed by atoms with Gasteiger partial charge >= 0.3 is 0 Å². The molecule has 1 atom stereocenters. The van der Waals surface area contributed by atoms with Gasteiger partial charge in [-0.2, -0.15) is 0 Å². The largest absolute Gasteiger partial charge is 0.347 e. The number of ether oxygens (including phenoxy) is 2. The maximum absolute atomic E-state index is 12.7. The standard InChI is InChI=1S/C16H22N2O3/c1-12-14(6-3-7-17-12)15(19)18-8-4-5-13(11-18)16(2)20-9-10-21-16/h3,6-7,13H,4-5,8-11H2,1-2H3/t13-/m1/s1. The second-order valence-corrected chi connectivity index (χ2v) is 5.94. The highest BCUT2D eigenvalue weighted by Gasteiger charge is 2.42. The number of rotatable bonds is 2. The van der Waals surface area contributed by atoms with Crippen molar-refractivity contribution in [2.45, 2.75) is 32.5 Å². The highest BCUT2D eigenvalue weighted by molar-refractivity contribution is 5.95. The fourth-order valence-electron chi connectivity index (χ4n) is 3.24. The molecule has 3 rings (SSSR count). The molecule has 0 bridgehead atoms. The zero-order chi connectivity index (χ0) is 14.9. The van der Waals surface area contributed by atoms with Crippen molar-refractivity contribution in [1.82, 2.24) is 9.88 Å². The van der Waals surface area contributed by atoms with Gasteiger partial charge in [-0.25, -0.2) is 0 Å². The van der Waals surface area contributed by atoms with Crippen LogP contribution in [-0.2, 0) is 9.47 Å². The van der Waals surface area contributed by atoms with Crippen LogP contribution in [0.2, 0.25) is 0 Å². The summed E-state index contributed by atoms with van der Waals surface area (Å²) < 4.78 is 11.5. The minimum atomic E-state index is -0.539. The summed E-state index contributed by atoms with van der Waals surface area (Å²) in [6.45, 7) is 6.63. The van der Waals surface area contributed by atoms with Gasteiger partial charge in [0.25, 0.3) is 5.91 Å². The minimum absolute atomic E-state index is 0.0619. The lowest BCUT2D eigenvalue weighted by atomic mass is 9.90. The monoisotopic (exact) mass is 290 g/mol. The van der Waals surface area contributed by atoms with E-state index in [0.29, 0.717) is 25.3 Å². The Hall–Kier alpha value is -1.46. The quantitative estimate of drug-likeness (QED) is 0.836. The third kappa shape index (κ3) is 2.80. The van der Waals surface area contributed by atoms with Crippen LogP contribution in [0.15, 0.2) is 18.3 Å². The molecule has 21 heavy (non-hydrogen) atoms. The Kier molecular flexibility index (Phi) is 3.95. The van der Waals surface area contributed by atoms with Gasteiger partial charge in [0.2, 0.25) is 0 Å². The Bertz CT molecular complexity index is 526. The predicted octanol–water partition coefficient (Wildman–Crippen LogP) is 2.01. The predicted molar refractivity (Wildman–Crippen MR) is 77.9 cm³/mol. The molecule has 2 fully saturated rings. The smallest absolute Gasteiger partial charge is 0.255 e. The van der Waals surface area contributed by atoms with E-state index in [1.54, 1.807) is 6.20 Å². The molecule has 114 valence electrons. The Morgan fingerprint density at radius 2 is 2.19 bits per heavy atom. The van der Waals surface area contributed by atoms with E-state index in [9.17, 15) is 4.79 Å². The lowest BCUT2D eigenvalue weighted by Crippen LogP contribution is -2.48. The van der Waals surface area contributed by atoms with Crippen molar-refractivity contribution in [3.8, 4) is 0 Å². The first-order valence-electron chi connectivity index (χ1n) is 7.59. The van der Waals surface area contributed by atoms with Gasteiger partial charge in [0.15, 0.2) is 5.79 Å². The number of nitrogens with zero attached hydrogens (tertiary/aromatic N) is 2. The van der Waals surface area contributed by atoms with Gasteiger partial charge in [0.1, 0.15) is 0 Å². The van der Waals surface area contributed by atoms with E-state index in [0.717, 1.165) is 25.1 Å². The highest BCUT2D eigenvalue weighted by atomic mass is 16.7. The van der Waals surface area contributed by atoms with Crippen LogP contribution in [0, 0.1) is 12.8 Å². The lowest BCUT2D eigenvalue weighted by molar-refractivity contribution is -0.189. The van der Waals surface area contributed by atoms with E-state index in [4.69, 9.17) is 9.47 Å². The van der Waals surface area contributed by atoms with Crippen LogP contribution in [0.4, 0.5) is 0 Å². The van der Waals surface area contributed by atoms with E-state index < -0.39 is 5.79 Å². The summed E-state index contributed by atoms with van der Waals surface area (Å²) in [5.74, 6) is -0.246. The van der Waals surface area contributed by atoms with Crippen LogP contribution in [0.25, 0.3) is 0 Å². The number of pyridine rings is 1. The third-order valence-corrected chi connectivity index (χ3v) is 4.55. The number of hydrogen-bond donors (Lipinski definition) is 0. The van der Waals surface area contributed by atoms with Crippen LogP contribution in [-0.4, -0.2) is 47.9 Å². The van der Waals surface area contributed by atoms with Crippen molar-refractivity contribution < 1.29 is 14.3 Å². The van der Waals surface area contributed by atoms with Crippen LogP contribution in [0.1, 0.15) is 35.8 Å². The van der Waals surface area contributed by atoms with E-state index in [1.807, 2.05) is 30.9 Å². The second-order valence-electron chi connectivity index (χ2n) is 5.94. The van der Waals surface area contributed by atoms with Crippen molar-refractivity contribution in [1.29, 1.82) is 0 Å². The molecule has 2 saturated heterocycles. The summed E-state index contributed by atoms with van der Waals surface area (Å²) in [6.07, 6.45) is 3.73. The molecule has 5 heteroatoms. The summed E-state index contributed by atoms with van der Waals surface area (Å²) in [6, 6.07) is 3.66. The van der Waals surface area contributed by atoms with E-state index >= 15 is 0 Å². The average Bonchev–Trinajstić information content (AvgIpc) is 2.95. The van der Waals surface area contributed by atoms with Gasteiger partial charge in [-0.3, -0.25) is 9.78 Å². The number of piperidine rings is 1. The molecule has 0 unspecified atom stereocenters. The number of carbonyl (C=O) groups excluding carboxylic acids is 1. The molecule has 1 aromatic heterocycles. The van der Waals surface area contributed by atoms with Gasteiger partial charge in [0, 0.05) is 30.9 Å². The number of likely N-dealkylation sites (tertiary alicyclic amines) is 1. The first-order chi connectivity index (χ1) is 10.1. The number of aryl methyl sites for hydroxylation is 1. The number of aromatic nitrogens is 1. The molecule has 2 aliphatic rings. The molecule has 0 N–H and O–H groups in total. The number of hydrogen-bond acceptors (Lipinski definition) is 4. The van der Waals surface area contributed by atoms with Crippen molar-refractivity contribution in [2.75, 3.05) is 26.3 Å². The van der Waals surface area contributed by atoms with Crippen molar-refractivity contribution in [3.05, 3.63) is 29.6 Å². The van der Waals surface area contributed by atoms with Crippen molar-refractivity contribution >= 4 is 5.91 Å². The van der Waals surface area contributed by atoms with Gasteiger partial charge in [-0.05, 0) is 38.8 Å². The van der Waals surface area contributed by atoms with E-state index in [2.05, 4.69) is 4.98 Å². The Balaban J connectivity index is 1.74. The van der Waals surface area contributed by atoms with Gasteiger partial charge in [-0.15, -0.1) is 0 Å². The summed E-state index contributed by atoms with van der Waals surface area (Å²) in [7, 11) is 0. The Morgan fingerprint density at radius 3 is 2.90 bits per heavy atom. The fourth-order valence-corrected chi connectivity index (χ4v) is 3.24. The lowest BCUT2D eigenvalue weighted by Gasteiger charge is -2.40. The molecule has 1 aromatic rings. The van der Waals surface area contributed by atoms with Crippen LogP contribution in [0.3, 0.4) is 0 Å². The maximum Gasteiger partial charge on any atom is 0.255 e. The van der Waals surface area contributed by atoms with Gasteiger partial charge in [0.05, 0.1) is 18.8 Å². The van der Waals surface area contributed by atoms with Crippen LogP contribution < -0.4 is 0 Å². The first kappa shape index (κ1) is 14.5. The molecular formula is C16H22N2O3. The normalized spacial score (nSPS) is 25.0. The Morgan fingerprint density at radius 1 is 1.43 bits per heavy atom. The van der Waals surface area contributed by atoms with Crippen LogP contribution in [0.5, 0.6) is 0 Å². The van der Waals surface area contributed by atoms with E-state index in [1.165, 1.54) is 0 Å². The fraction of sp³-hybridized carbons (Fsp3) is 0.625. The molecule has 0 saturated carbocycles. The summed E-state index contributed by atoms with van der Waals surface area (Å²) in [5.41, 5.74) is 1.47. The second kappa shape index (κ2) is 5.73. The molecule has 3 heterocycles. The zero-order valence-electron chi connectivity index (χ0n) is 12.7. The first-order valence-corrected chi connectivity index (χ1v) is 7.59. The summed E-state index contributed by atoms with van der Waals surface area (Å²) in [5, 5.41) is 0. The summed E-state index contributed by atoms with van der Waals surface area (Å²) >= 11 is 0. The molecule has 0 spiro atoms. The van der Waals surface area contributed by atoms with Crippen LogP contribution >= 0.6 is 0 Å². The Labute approximate surface area is 125 Å². The zero-order valence-corrected chi connectivity index (χ0v) is 12.7.